The summed E-state index contributed by atoms with van der Waals surface area (Å²) in [6.45, 7) is 6.30. The van der Waals surface area contributed by atoms with Gasteiger partial charge in [0.25, 0.3) is 0 Å². The molecule has 0 saturated carbocycles. The number of hydrogen-bond donors (Lipinski definition) is 1. The third-order valence-electron chi connectivity index (χ3n) is 3.95. The Balaban J connectivity index is 2.19. The van der Waals surface area contributed by atoms with Crippen LogP contribution in [0.4, 0.5) is 0 Å². The zero-order valence-electron chi connectivity index (χ0n) is 12.2. The molecule has 0 bridgehead atoms. The molecule has 2 rings (SSSR count). The maximum atomic E-state index is 12.3. The third kappa shape index (κ3) is 2.83. The molecule has 1 aromatic carbocycles. The summed E-state index contributed by atoms with van der Waals surface area (Å²) in [5.41, 5.74) is 7.18. The van der Waals surface area contributed by atoms with Crippen molar-refractivity contribution in [1.82, 2.24) is 9.80 Å². The van der Waals surface area contributed by atoms with Gasteiger partial charge in [-0.25, -0.2) is 0 Å². The second kappa shape index (κ2) is 5.50. The lowest BCUT2D eigenvalue weighted by Gasteiger charge is -2.44. The quantitative estimate of drug-likeness (QED) is 0.855. The summed E-state index contributed by atoms with van der Waals surface area (Å²) in [5.74, 6) is 0.161. The van der Waals surface area contributed by atoms with Gasteiger partial charge >= 0.3 is 0 Å². The van der Waals surface area contributed by atoms with E-state index in [9.17, 15) is 4.79 Å². The molecule has 108 valence electrons. The maximum Gasteiger partial charge on any atom is 0.242 e. The Morgan fingerprint density at radius 1 is 1.40 bits per heavy atom. The van der Waals surface area contributed by atoms with Gasteiger partial charge in [0, 0.05) is 32.2 Å². The standard InChI is InChI=1S/C15H21N3OS/c1-15(2)14(19)17(3)7-8-18(15)10-11-5-4-6-12(9-11)13(16)20/h4-6,9H,7-8,10H2,1-3H3,(H2,16,20). The number of thiocarbonyl (C=S) groups is 1. The van der Waals surface area contributed by atoms with Gasteiger partial charge in [-0.05, 0) is 25.5 Å². The summed E-state index contributed by atoms with van der Waals surface area (Å²) >= 11 is 5.01. The summed E-state index contributed by atoms with van der Waals surface area (Å²) in [6, 6.07) is 7.91. The van der Waals surface area contributed by atoms with Crippen molar-refractivity contribution in [2.75, 3.05) is 20.1 Å². The van der Waals surface area contributed by atoms with Gasteiger partial charge in [0.15, 0.2) is 0 Å². The summed E-state index contributed by atoms with van der Waals surface area (Å²) in [4.78, 5) is 16.7. The lowest BCUT2D eigenvalue weighted by molar-refractivity contribution is -0.147. The first-order valence-corrected chi connectivity index (χ1v) is 7.12. The van der Waals surface area contributed by atoms with Crippen LogP contribution >= 0.6 is 12.2 Å². The van der Waals surface area contributed by atoms with Crippen molar-refractivity contribution in [3.05, 3.63) is 35.4 Å². The Hall–Kier alpha value is -1.46. The van der Waals surface area contributed by atoms with Crippen molar-refractivity contribution in [1.29, 1.82) is 0 Å². The van der Waals surface area contributed by atoms with Crippen molar-refractivity contribution in [3.8, 4) is 0 Å². The molecule has 20 heavy (non-hydrogen) atoms. The Morgan fingerprint density at radius 3 is 2.75 bits per heavy atom. The third-order valence-corrected chi connectivity index (χ3v) is 4.19. The van der Waals surface area contributed by atoms with Crippen LogP contribution in [0.3, 0.4) is 0 Å². The molecule has 4 nitrogen and oxygen atoms in total. The van der Waals surface area contributed by atoms with E-state index in [1.165, 1.54) is 0 Å². The molecule has 0 spiro atoms. The highest BCUT2D eigenvalue weighted by Gasteiger charge is 2.40. The number of carbonyl (C=O) groups is 1. The van der Waals surface area contributed by atoms with Crippen LogP contribution < -0.4 is 5.73 Å². The van der Waals surface area contributed by atoms with E-state index < -0.39 is 5.54 Å². The van der Waals surface area contributed by atoms with E-state index in [-0.39, 0.29) is 5.91 Å². The molecule has 1 saturated heterocycles. The van der Waals surface area contributed by atoms with Crippen LogP contribution in [0, 0.1) is 0 Å². The number of benzene rings is 1. The minimum Gasteiger partial charge on any atom is -0.389 e. The number of piperazine rings is 1. The maximum absolute atomic E-state index is 12.3. The van der Waals surface area contributed by atoms with Gasteiger partial charge in [-0.3, -0.25) is 9.69 Å². The fourth-order valence-electron chi connectivity index (χ4n) is 2.57. The molecule has 1 heterocycles. The van der Waals surface area contributed by atoms with E-state index in [4.69, 9.17) is 18.0 Å². The number of carbonyl (C=O) groups excluding carboxylic acids is 1. The fourth-order valence-corrected chi connectivity index (χ4v) is 2.70. The highest BCUT2D eigenvalue weighted by atomic mass is 32.1. The van der Waals surface area contributed by atoms with Gasteiger partial charge < -0.3 is 10.6 Å². The zero-order chi connectivity index (χ0) is 14.9. The molecular formula is C15H21N3OS. The average molecular weight is 291 g/mol. The predicted molar refractivity (Wildman–Crippen MR) is 84.5 cm³/mol. The number of rotatable bonds is 3. The van der Waals surface area contributed by atoms with E-state index in [1.54, 1.807) is 4.90 Å². The van der Waals surface area contributed by atoms with Gasteiger partial charge in [0.05, 0.1) is 5.54 Å². The van der Waals surface area contributed by atoms with Crippen LogP contribution in [0.1, 0.15) is 25.0 Å². The molecule has 0 aliphatic carbocycles. The Kier molecular flexibility index (Phi) is 4.11. The monoisotopic (exact) mass is 291 g/mol. The van der Waals surface area contributed by atoms with Crippen LogP contribution in [0.2, 0.25) is 0 Å². The molecule has 5 heteroatoms. The van der Waals surface area contributed by atoms with E-state index in [0.29, 0.717) is 4.99 Å². The van der Waals surface area contributed by atoms with Crippen molar-refractivity contribution in [3.63, 3.8) is 0 Å². The van der Waals surface area contributed by atoms with E-state index >= 15 is 0 Å². The van der Waals surface area contributed by atoms with Crippen molar-refractivity contribution < 1.29 is 4.79 Å². The smallest absolute Gasteiger partial charge is 0.242 e. The fraction of sp³-hybridized carbons (Fsp3) is 0.467. The Morgan fingerprint density at radius 2 is 2.10 bits per heavy atom. The zero-order valence-corrected chi connectivity index (χ0v) is 13.0. The lowest BCUT2D eigenvalue weighted by atomic mass is 9.96. The molecule has 1 amide bonds. The van der Waals surface area contributed by atoms with Gasteiger partial charge in [0.2, 0.25) is 5.91 Å². The Bertz CT molecular complexity index is 542. The van der Waals surface area contributed by atoms with Crippen LogP contribution in [0.5, 0.6) is 0 Å². The predicted octanol–water partition coefficient (Wildman–Crippen LogP) is 1.37. The average Bonchev–Trinajstić information content (AvgIpc) is 2.40. The van der Waals surface area contributed by atoms with Crippen LogP contribution in [-0.4, -0.2) is 46.4 Å². The summed E-state index contributed by atoms with van der Waals surface area (Å²) < 4.78 is 0. The second-order valence-electron chi connectivity index (χ2n) is 5.77. The van der Waals surface area contributed by atoms with Crippen LogP contribution in [0.15, 0.2) is 24.3 Å². The molecule has 1 aromatic rings. The number of amides is 1. The van der Waals surface area contributed by atoms with Crippen molar-refractivity contribution >= 4 is 23.1 Å². The van der Waals surface area contributed by atoms with Crippen molar-refractivity contribution in [2.45, 2.75) is 25.9 Å². The largest absolute Gasteiger partial charge is 0.389 e. The first kappa shape index (κ1) is 14.9. The van der Waals surface area contributed by atoms with E-state index in [1.807, 2.05) is 45.2 Å². The van der Waals surface area contributed by atoms with Gasteiger partial charge in [-0.1, -0.05) is 30.4 Å². The first-order chi connectivity index (χ1) is 9.32. The van der Waals surface area contributed by atoms with Crippen molar-refractivity contribution in [2.24, 2.45) is 5.73 Å². The molecular weight excluding hydrogens is 270 g/mol. The molecule has 0 radical (unpaired) electrons. The molecule has 1 aliphatic rings. The number of nitrogens with two attached hydrogens (primary N) is 1. The summed E-state index contributed by atoms with van der Waals surface area (Å²) in [6.07, 6.45) is 0. The minimum absolute atomic E-state index is 0.161. The van der Waals surface area contributed by atoms with Gasteiger partial charge in [0.1, 0.15) is 4.99 Å². The minimum atomic E-state index is -0.480. The van der Waals surface area contributed by atoms with Gasteiger partial charge in [-0.2, -0.15) is 0 Å². The lowest BCUT2D eigenvalue weighted by Crippen LogP contribution is -2.61. The first-order valence-electron chi connectivity index (χ1n) is 6.71. The summed E-state index contributed by atoms with van der Waals surface area (Å²) in [5, 5.41) is 0. The number of hydrogen-bond acceptors (Lipinski definition) is 3. The number of likely N-dealkylation sites (N-methyl/N-ethyl adjacent to an activating group) is 1. The van der Waals surface area contributed by atoms with Crippen LogP contribution in [0.25, 0.3) is 0 Å². The van der Waals surface area contributed by atoms with E-state index in [0.717, 1.165) is 30.8 Å². The number of nitrogens with zero attached hydrogens (tertiary/aromatic N) is 2. The SMILES string of the molecule is CN1CCN(Cc2cccc(C(N)=S)c2)C(C)(C)C1=O. The molecule has 1 aliphatic heterocycles. The normalized spacial score (nSPS) is 19.1. The molecule has 1 fully saturated rings. The topological polar surface area (TPSA) is 49.6 Å². The molecule has 2 N–H and O–H groups in total. The van der Waals surface area contributed by atoms with Gasteiger partial charge in [-0.15, -0.1) is 0 Å². The Labute approximate surface area is 125 Å². The molecule has 0 unspecified atom stereocenters. The highest BCUT2D eigenvalue weighted by molar-refractivity contribution is 7.80. The molecule has 0 atom stereocenters. The summed E-state index contributed by atoms with van der Waals surface area (Å²) in [7, 11) is 1.86. The molecule has 0 aromatic heterocycles. The van der Waals surface area contributed by atoms with Crippen LogP contribution in [-0.2, 0) is 11.3 Å². The van der Waals surface area contributed by atoms with E-state index in [2.05, 4.69) is 4.90 Å². The second-order valence-corrected chi connectivity index (χ2v) is 6.21. The highest BCUT2D eigenvalue weighted by Crippen LogP contribution is 2.24.